The van der Waals surface area contributed by atoms with Crippen LogP contribution in [0, 0.1) is 0 Å². The minimum absolute atomic E-state index is 0.852. The van der Waals surface area contributed by atoms with Gasteiger partial charge in [0.1, 0.15) is 5.75 Å². The number of fused-ring (bicyclic) bond motifs is 1. The molecule has 0 aliphatic rings. The molecular formula is C17H16N2O. The van der Waals surface area contributed by atoms with Crippen LogP contribution in [0.4, 0.5) is 5.69 Å². The number of aromatic nitrogens is 1. The maximum atomic E-state index is 5.23. The zero-order valence-electron chi connectivity index (χ0n) is 11.6. The van der Waals surface area contributed by atoms with E-state index >= 15 is 0 Å². The monoisotopic (exact) mass is 264 g/mol. The van der Waals surface area contributed by atoms with Crippen LogP contribution in [0.5, 0.6) is 5.75 Å². The van der Waals surface area contributed by atoms with E-state index in [-0.39, 0.29) is 0 Å². The van der Waals surface area contributed by atoms with E-state index in [4.69, 9.17) is 9.72 Å². The SMILES string of the molecule is CNc1ccc(-c2ccc3cc(OC)ccc3n2)cc1. The summed E-state index contributed by atoms with van der Waals surface area (Å²) in [5.74, 6) is 0.852. The third-order valence-electron chi connectivity index (χ3n) is 3.37. The maximum absolute atomic E-state index is 5.23. The lowest BCUT2D eigenvalue weighted by atomic mass is 10.1. The molecule has 0 saturated carbocycles. The van der Waals surface area contributed by atoms with E-state index in [1.807, 2.05) is 31.3 Å². The molecule has 1 aromatic heterocycles. The predicted molar refractivity (Wildman–Crippen MR) is 83.3 cm³/mol. The van der Waals surface area contributed by atoms with Crippen LogP contribution < -0.4 is 10.1 Å². The lowest BCUT2D eigenvalue weighted by Gasteiger charge is -2.06. The Morgan fingerprint density at radius 2 is 1.75 bits per heavy atom. The van der Waals surface area contributed by atoms with Crippen LogP contribution in [0.2, 0.25) is 0 Å². The molecule has 0 fully saturated rings. The van der Waals surface area contributed by atoms with E-state index in [0.29, 0.717) is 0 Å². The topological polar surface area (TPSA) is 34.1 Å². The quantitative estimate of drug-likeness (QED) is 0.777. The number of hydrogen-bond acceptors (Lipinski definition) is 3. The second kappa shape index (κ2) is 5.21. The molecule has 2 aromatic carbocycles. The number of methoxy groups -OCH3 is 1. The zero-order chi connectivity index (χ0) is 13.9. The molecule has 20 heavy (non-hydrogen) atoms. The van der Waals surface area contributed by atoms with Gasteiger partial charge in [0.25, 0.3) is 0 Å². The van der Waals surface area contributed by atoms with Crippen molar-refractivity contribution in [2.75, 3.05) is 19.5 Å². The van der Waals surface area contributed by atoms with Crippen molar-refractivity contribution < 1.29 is 4.74 Å². The molecule has 0 unspecified atom stereocenters. The van der Waals surface area contributed by atoms with Gasteiger partial charge in [0.2, 0.25) is 0 Å². The highest BCUT2D eigenvalue weighted by molar-refractivity contribution is 5.83. The summed E-state index contributed by atoms with van der Waals surface area (Å²) in [5.41, 5.74) is 4.16. The Labute approximate surface area is 118 Å². The van der Waals surface area contributed by atoms with E-state index in [0.717, 1.165) is 33.6 Å². The van der Waals surface area contributed by atoms with Gasteiger partial charge in [0, 0.05) is 23.7 Å². The van der Waals surface area contributed by atoms with Crippen LogP contribution in [0.25, 0.3) is 22.2 Å². The van der Waals surface area contributed by atoms with E-state index in [1.54, 1.807) is 7.11 Å². The smallest absolute Gasteiger partial charge is 0.119 e. The Bertz CT molecular complexity index is 736. The summed E-state index contributed by atoms with van der Waals surface area (Å²) in [4.78, 5) is 4.70. The van der Waals surface area contributed by atoms with Crippen molar-refractivity contribution >= 4 is 16.6 Å². The first-order chi connectivity index (χ1) is 9.80. The number of ether oxygens (including phenoxy) is 1. The Hall–Kier alpha value is -2.55. The first-order valence-electron chi connectivity index (χ1n) is 6.53. The summed E-state index contributed by atoms with van der Waals surface area (Å²) >= 11 is 0. The molecule has 0 saturated heterocycles. The molecule has 1 N–H and O–H groups in total. The fraction of sp³-hybridized carbons (Fsp3) is 0.118. The van der Waals surface area contributed by atoms with Gasteiger partial charge in [0.05, 0.1) is 18.3 Å². The number of rotatable bonds is 3. The molecule has 0 amide bonds. The molecule has 3 aromatic rings. The number of hydrogen-bond donors (Lipinski definition) is 1. The summed E-state index contributed by atoms with van der Waals surface area (Å²) in [7, 11) is 3.59. The van der Waals surface area contributed by atoms with Crippen molar-refractivity contribution in [3.05, 3.63) is 54.6 Å². The lowest BCUT2D eigenvalue weighted by Crippen LogP contribution is -1.89. The average Bonchev–Trinajstić information content (AvgIpc) is 2.54. The summed E-state index contributed by atoms with van der Waals surface area (Å²) in [5, 5.41) is 4.20. The first kappa shape index (κ1) is 12.5. The standard InChI is InChI=1S/C17H16N2O/c1-18-14-6-3-12(4-7-14)16-9-5-13-11-15(20-2)8-10-17(13)19-16/h3-11,18H,1-2H3. The number of nitrogens with zero attached hydrogens (tertiary/aromatic N) is 1. The molecule has 0 aliphatic carbocycles. The Morgan fingerprint density at radius 1 is 0.950 bits per heavy atom. The van der Waals surface area contributed by atoms with Crippen molar-refractivity contribution in [2.24, 2.45) is 0 Å². The molecule has 0 spiro atoms. The molecule has 100 valence electrons. The van der Waals surface area contributed by atoms with Gasteiger partial charge in [-0.15, -0.1) is 0 Å². The van der Waals surface area contributed by atoms with Crippen LogP contribution >= 0.6 is 0 Å². The highest BCUT2D eigenvalue weighted by Gasteiger charge is 2.03. The number of anilines is 1. The van der Waals surface area contributed by atoms with Crippen LogP contribution in [0.3, 0.4) is 0 Å². The average molecular weight is 264 g/mol. The van der Waals surface area contributed by atoms with Gasteiger partial charge >= 0.3 is 0 Å². The molecule has 0 atom stereocenters. The van der Waals surface area contributed by atoms with Crippen LogP contribution in [-0.4, -0.2) is 19.1 Å². The van der Waals surface area contributed by atoms with Gasteiger partial charge in [-0.2, -0.15) is 0 Å². The Morgan fingerprint density at radius 3 is 2.45 bits per heavy atom. The maximum Gasteiger partial charge on any atom is 0.119 e. The van der Waals surface area contributed by atoms with Crippen molar-refractivity contribution in [3.63, 3.8) is 0 Å². The second-order valence-electron chi connectivity index (χ2n) is 4.58. The van der Waals surface area contributed by atoms with Gasteiger partial charge in [-0.25, -0.2) is 4.98 Å². The number of nitrogens with one attached hydrogen (secondary N) is 1. The van der Waals surface area contributed by atoms with Crippen molar-refractivity contribution in [1.82, 2.24) is 4.98 Å². The number of pyridine rings is 1. The van der Waals surface area contributed by atoms with E-state index < -0.39 is 0 Å². The van der Waals surface area contributed by atoms with Gasteiger partial charge in [0.15, 0.2) is 0 Å². The first-order valence-corrected chi connectivity index (χ1v) is 6.53. The molecular weight excluding hydrogens is 248 g/mol. The lowest BCUT2D eigenvalue weighted by molar-refractivity contribution is 0.415. The highest BCUT2D eigenvalue weighted by Crippen LogP contribution is 2.24. The summed E-state index contributed by atoms with van der Waals surface area (Å²) in [6, 6.07) is 18.3. The largest absolute Gasteiger partial charge is 0.497 e. The van der Waals surface area contributed by atoms with E-state index in [9.17, 15) is 0 Å². The van der Waals surface area contributed by atoms with Crippen LogP contribution in [0.1, 0.15) is 0 Å². The summed E-state index contributed by atoms with van der Waals surface area (Å²) in [6.07, 6.45) is 0. The third kappa shape index (κ3) is 2.30. The highest BCUT2D eigenvalue weighted by atomic mass is 16.5. The van der Waals surface area contributed by atoms with Crippen molar-refractivity contribution in [1.29, 1.82) is 0 Å². The normalized spacial score (nSPS) is 10.5. The van der Waals surface area contributed by atoms with Crippen molar-refractivity contribution in [3.8, 4) is 17.0 Å². The molecule has 3 nitrogen and oxygen atoms in total. The van der Waals surface area contributed by atoms with E-state index in [1.165, 1.54) is 0 Å². The second-order valence-corrected chi connectivity index (χ2v) is 4.58. The summed E-state index contributed by atoms with van der Waals surface area (Å²) in [6.45, 7) is 0. The minimum Gasteiger partial charge on any atom is -0.497 e. The molecule has 3 heteroatoms. The molecule has 0 aliphatic heterocycles. The zero-order valence-corrected chi connectivity index (χ0v) is 11.6. The molecule has 3 rings (SSSR count). The minimum atomic E-state index is 0.852. The molecule has 0 radical (unpaired) electrons. The van der Waals surface area contributed by atoms with Crippen molar-refractivity contribution in [2.45, 2.75) is 0 Å². The van der Waals surface area contributed by atoms with Gasteiger partial charge in [-0.1, -0.05) is 18.2 Å². The predicted octanol–water partition coefficient (Wildman–Crippen LogP) is 3.95. The van der Waals surface area contributed by atoms with Gasteiger partial charge in [-0.3, -0.25) is 0 Å². The molecule has 0 bridgehead atoms. The van der Waals surface area contributed by atoms with Crippen LogP contribution in [-0.2, 0) is 0 Å². The fourth-order valence-electron chi connectivity index (χ4n) is 2.20. The van der Waals surface area contributed by atoms with Gasteiger partial charge < -0.3 is 10.1 Å². The summed E-state index contributed by atoms with van der Waals surface area (Å²) < 4.78 is 5.23. The van der Waals surface area contributed by atoms with Crippen LogP contribution in [0.15, 0.2) is 54.6 Å². The molecule has 1 heterocycles. The number of benzene rings is 2. The third-order valence-corrected chi connectivity index (χ3v) is 3.37. The van der Waals surface area contributed by atoms with Gasteiger partial charge in [-0.05, 0) is 36.4 Å². The Balaban J connectivity index is 2.03. The Kier molecular flexibility index (Phi) is 3.25. The van der Waals surface area contributed by atoms with E-state index in [2.05, 4.69) is 35.6 Å². The fourth-order valence-corrected chi connectivity index (χ4v) is 2.20.